The molecule has 3 aromatic carbocycles. The predicted molar refractivity (Wildman–Crippen MR) is 134 cm³/mol. The molecule has 0 atom stereocenters. The van der Waals surface area contributed by atoms with E-state index < -0.39 is 0 Å². The Morgan fingerprint density at radius 1 is 0.727 bits per heavy atom. The second-order valence-corrected chi connectivity index (χ2v) is 9.00. The summed E-state index contributed by atoms with van der Waals surface area (Å²) in [6.07, 6.45) is 6.38. The summed E-state index contributed by atoms with van der Waals surface area (Å²) in [5.74, 6) is 0. The van der Waals surface area contributed by atoms with Gasteiger partial charge in [0.1, 0.15) is 0 Å². The third-order valence-corrected chi connectivity index (χ3v) is 6.60. The van der Waals surface area contributed by atoms with E-state index in [1.165, 1.54) is 22.3 Å². The molecule has 0 fully saturated rings. The van der Waals surface area contributed by atoms with Crippen LogP contribution in [0.5, 0.6) is 0 Å². The number of nitrogens with one attached hydrogen (secondary N) is 1. The lowest BCUT2D eigenvalue weighted by molar-refractivity contribution is 1.19. The second-order valence-electron chi connectivity index (χ2n) is 9.00. The molecule has 4 heterocycles. The van der Waals surface area contributed by atoms with Crippen LogP contribution in [-0.2, 0) is 0 Å². The van der Waals surface area contributed by atoms with Gasteiger partial charge in [-0.2, -0.15) is 0 Å². The highest BCUT2D eigenvalue weighted by molar-refractivity contribution is 5.92. The number of aromatic nitrogens is 1. The molecular formula is C30H21N3. The molecule has 3 nitrogen and oxygen atoms in total. The summed E-state index contributed by atoms with van der Waals surface area (Å²) in [7, 11) is 0. The van der Waals surface area contributed by atoms with Crippen LogP contribution < -0.4 is 15.9 Å². The molecule has 0 unspecified atom stereocenters. The second kappa shape index (κ2) is 6.63. The van der Waals surface area contributed by atoms with Crippen molar-refractivity contribution in [1.82, 2.24) is 10.3 Å². The Kier molecular flexibility index (Phi) is 3.68. The van der Waals surface area contributed by atoms with Gasteiger partial charge in [-0.25, -0.2) is 9.98 Å². The lowest BCUT2D eigenvalue weighted by Gasteiger charge is -2.17. The van der Waals surface area contributed by atoms with Gasteiger partial charge >= 0.3 is 0 Å². The summed E-state index contributed by atoms with van der Waals surface area (Å²) >= 11 is 0. The summed E-state index contributed by atoms with van der Waals surface area (Å²) in [6.45, 7) is 4.31. The van der Waals surface area contributed by atoms with Crippen molar-refractivity contribution in [3.8, 4) is 33.6 Å². The highest BCUT2D eigenvalue weighted by atomic mass is 14.9. The fourth-order valence-corrected chi connectivity index (χ4v) is 5.11. The fourth-order valence-electron chi connectivity index (χ4n) is 5.11. The van der Waals surface area contributed by atoms with Gasteiger partial charge in [-0.3, -0.25) is 0 Å². The van der Waals surface area contributed by atoms with E-state index in [9.17, 15) is 0 Å². The Bertz CT molecular complexity index is 1700. The van der Waals surface area contributed by atoms with Gasteiger partial charge in [0.25, 0.3) is 0 Å². The number of rotatable bonds is 0. The minimum absolute atomic E-state index is 0.954. The normalized spacial score (nSPS) is 14.2. The summed E-state index contributed by atoms with van der Waals surface area (Å²) in [5, 5.41) is 5.83. The van der Waals surface area contributed by atoms with Crippen molar-refractivity contribution >= 4 is 17.1 Å². The van der Waals surface area contributed by atoms with E-state index in [0.29, 0.717) is 0 Å². The van der Waals surface area contributed by atoms with E-state index in [4.69, 9.17) is 9.98 Å². The Labute approximate surface area is 192 Å². The van der Waals surface area contributed by atoms with Crippen LogP contribution in [0.2, 0.25) is 0 Å². The quantitative estimate of drug-likeness (QED) is 0.353. The molecule has 156 valence electrons. The van der Waals surface area contributed by atoms with E-state index in [0.717, 1.165) is 55.7 Å². The van der Waals surface area contributed by atoms with Crippen molar-refractivity contribution in [1.29, 1.82) is 0 Å². The van der Waals surface area contributed by atoms with Gasteiger partial charge in [-0.1, -0.05) is 30.3 Å². The van der Waals surface area contributed by atoms with Crippen molar-refractivity contribution in [2.75, 3.05) is 0 Å². The summed E-state index contributed by atoms with van der Waals surface area (Å²) < 4.78 is 0. The maximum Gasteiger partial charge on any atom is 0.0810 e. The van der Waals surface area contributed by atoms with E-state index >= 15 is 0 Å². The Hall–Kier alpha value is -4.24. The lowest BCUT2D eigenvalue weighted by atomic mass is 9.96. The van der Waals surface area contributed by atoms with E-state index in [-0.39, 0.29) is 0 Å². The Balaban J connectivity index is 1.67. The smallest absolute Gasteiger partial charge is 0.0810 e. The van der Waals surface area contributed by atoms with E-state index in [1.54, 1.807) is 0 Å². The number of dihydropyridines is 1. The molecule has 0 saturated heterocycles. The first kappa shape index (κ1) is 18.3. The largest absolute Gasteiger partial charge is 0.354 e. The third kappa shape index (κ3) is 2.76. The van der Waals surface area contributed by atoms with Crippen LogP contribution in [0.3, 0.4) is 0 Å². The van der Waals surface area contributed by atoms with Gasteiger partial charge in [0.05, 0.1) is 22.4 Å². The maximum absolute atomic E-state index is 5.22. The van der Waals surface area contributed by atoms with Crippen LogP contribution >= 0.6 is 0 Å². The van der Waals surface area contributed by atoms with Crippen LogP contribution in [-0.4, -0.2) is 4.98 Å². The number of benzene rings is 3. The number of aryl methyl sites for hydroxylation is 2. The van der Waals surface area contributed by atoms with E-state index in [1.807, 2.05) is 0 Å². The molecule has 0 spiro atoms. The molecule has 8 bridgehead atoms. The van der Waals surface area contributed by atoms with Crippen molar-refractivity contribution in [2.24, 2.45) is 4.99 Å². The maximum atomic E-state index is 5.22. The number of pyridine rings is 1. The molecule has 3 aliphatic rings. The van der Waals surface area contributed by atoms with Gasteiger partial charge in [-0.05, 0) is 85.2 Å². The molecule has 1 N–H and O–H groups in total. The van der Waals surface area contributed by atoms with Gasteiger partial charge < -0.3 is 5.32 Å². The standard InChI is InChI=1S/C30H21N3/c1-17-12-21-22-13-18(2)15-24-28-11-5-9-26(32-28)20-7-3-6-19(16-20)25-8-4-10-27(31-25)23(14-17)29(21)33-30(22)24/h3-16,31H,1-2H3. The molecule has 0 aliphatic carbocycles. The van der Waals surface area contributed by atoms with Gasteiger partial charge in [0.2, 0.25) is 0 Å². The van der Waals surface area contributed by atoms with Crippen LogP contribution in [0.4, 0.5) is 5.69 Å². The summed E-state index contributed by atoms with van der Waals surface area (Å²) in [5.41, 5.74) is 13.2. The zero-order valence-corrected chi connectivity index (χ0v) is 18.5. The number of hydrogen-bond donors (Lipinski definition) is 1. The highest BCUT2D eigenvalue weighted by Gasteiger charge is 2.22. The first-order chi connectivity index (χ1) is 16.1. The van der Waals surface area contributed by atoms with E-state index in [2.05, 4.69) is 104 Å². The van der Waals surface area contributed by atoms with Crippen molar-refractivity contribution in [3.05, 3.63) is 112 Å². The molecular weight excluding hydrogens is 402 g/mol. The number of allylic oxidation sites excluding steroid dienone is 2. The Morgan fingerprint density at radius 3 is 2.42 bits per heavy atom. The van der Waals surface area contributed by atoms with Gasteiger partial charge in [0, 0.05) is 38.9 Å². The topological polar surface area (TPSA) is 37.3 Å². The van der Waals surface area contributed by atoms with Crippen LogP contribution in [0.1, 0.15) is 16.7 Å². The van der Waals surface area contributed by atoms with Crippen LogP contribution in [0.15, 0.2) is 90.0 Å². The first-order valence-electron chi connectivity index (χ1n) is 11.3. The van der Waals surface area contributed by atoms with Crippen LogP contribution in [0.25, 0.3) is 45.0 Å². The van der Waals surface area contributed by atoms with Crippen molar-refractivity contribution < 1.29 is 0 Å². The minimum Gasteiger partial charge on any atom is -0.354 e. The molecule has 4 aromatic rings. The number of fused-ring (bicyclic) bond motifs is 10. The summed E-state index contributed by atoms with van der Waals surface area (Å²) in [6, 6.07) is 23.8. The molecule has 3 aliphatic heterocycles. The van der Waals surface area contributed by atoms with Gasteiger partial charge in [0.15, 0.2) is 0 Å². The molecule has 33 heavy (non-hydrogen) atoms. The minimum atomic E-state index is 0.954. The van der Waals surface area contributed by atoms with Crippen LogP contribution in [0, 0.1) is 13.8 Å². The van der Waals surface area contributed by atoms with Gasteiger partial charge in [-0.15, -0.1) is 0 Å². The molecule has 0 radical (unpaired) electrons. The summed E-state index contributed by atoms with van der Waals surface area (Å²) in [4.78, 5) is 10.3. The SMILES string of the molecule is Cc1cc2c3c(c1)-c1cc(C)cc(c1=N3)=C1C=CC=C(N1)c1cccc(c1)-c1cccc-2n1. The molecule has 3 heteroatoms. The van der Waals surface area contributed by atoms with Crippen molar-refractivity contribution in [2.45, 2.75) is 13.8 Å². The number of hydrogen-bond acceptors (Lipinski definition) is 3. The molecule has 0 saturated carbocycles. The predicted octanol–water partition coefficient (Wildman–Crippen LogP) is 5.59. The molecule has 0 amide bonds. The number of nitrogens with zero attached hydrogens (tertiary/aromatic N) is 2. The lowest BCUT2D eigenvalue weighted by Crippen LogP contribution is -2.32. The monoisotopic (exact) mass is 423 g/mol. The zero-order chi connectivity index (χ0) is 22.1. The fraction of sp³-hybridized carbons (Fsp3) is 0.0667. The zero-order valence-electron chi connectivity index (χ0n) is 18.5. The average Bonchev–Trinajstić information content (AvgIpc) is 3.21. The van der Waals surface area contributed by atoms with Crippen molar-refractivity contribution in [3.63, 3.8) is 0 Å². The third-order valence-electron chi connectivity index (χ3n) is 6.60. The molecule has 7 rings (SSSR count). The Morgan fingerprint density at radius 2 is 1.48 bits per heavy atom. The average molecular weight is 424 g/mol. The molecule has 1 aromatic heterocycles. The first-order valence-corrected chi connectivity index (χ1v) is 11.3. The highest BCUT2D eigenvalue weighted by Crippen LogP contribution is 2.41.